The quantitative estimate of drug-likeness (QED) is 0.454. The lowest BCUT2D eigenvalue weighted by Gasteiger charge is -2.21. The van der Waals surface area contributed by atoms with Crippen molar-refractivity contribution in [3.05, 3.63) is 35.2 Å². The lowest BCUT2D eigenvalue weighted by atomic mass is 10.1. The van der Waals surface area contributed by atoms with Gasteiger partial charge in [0.05, 0.1) is 17.7 Å². The van der Waals surface area contributed by atoms with Crippen LogP contribution in [0.15, 0.2) is 18.5 Å². The lowest BCUT2D eigenvalue weighted by Crippen LogP contribution is -2.34. The number of alkyl halides is 3. The molecule has 0 unspecified atom stereocenters. The maximum atomic E-state index is 14.7. The number of aliphatic hydroxyl groups excluding tert-OH is 1. The van der Waals surface area contributed by atoms with E-state index in [0.717, 1.165) is 29.9 Å². The van der Waals surface area contributed by atoms with E-state index in [1.54, 1.807) is 0 Å². The Morgan fingerprint density at radius 2 is 1.90 bits per heavy atom. The minimum Gasteiger partial charge on any atom is -0.491 e. The van der Waals surface area contributed by atoms with Crippen molar-refractivity contribution in [2.45, 2.75) is 19.1 Å². The van der Waals surface area contributed by atoms with Gasteiger partial charge in [-0.1, -0.05) is 11.6 Å². The average molecular weight is 438 g/mol. The van der Waals surface area contributed by atoms with Gasteiger partial charge in [-0.2, -0.15) is 32.8 Å². The second-order valence-electron chi connectivity index (χ2n) is 5.84. The molecule has 156 valence electrons. The Labute approximate surface area is 165 Å². The predicted molar refractivity (Wildman–Crippen MR) is 92.9 cm³/mol. The van der Waals surface area contributed by atoms with Crippen LogP contribution in [0.25, 0.3) is 16.9 Å². The van der Waals surface area contributed by atoms with Gasteiger partial charge in [0.15, 0.2) is 0 Å². The molecule has 13 heteroatoms. The standard InChI is InChI=1S/C16H13ClF5N5O2/c1-7(16(20,21)22)25-14-12(13(17)26-15-23-6-24-27(14)15)11-9(18)4-8(5-10(11)19)29-3-2-28/h4-7,25,28H,2-3H2,1H3/t7-/m1/s1. The van der Waals surface area contributed by atoms with Gasteiger partial charge >= 0.3 is 6.18 Å². The van der Waals surface area contributed by atoms with E-state index in [-0.39, 0.29) is 24.7 Å². The number of benzene rings is 1. The molecule has 2 N–H and O–H groups in total. The number of nitrogens with one attached hydrogen (secondary N) is 1. The number of aliphatic hydroxyl groups is 1. The Kier molecular flexibility index (Phi) is 5.75. The minimum atomic E-state index is -4.67. The summed E-state index contributed by atoms with van der Waals surface area (Å²) in [5.74, 6) is -3.15. The normalized spacial score (nSPS) is 13.0. The van der Waals surface area contributed by atoms with Gasteiger partial charge < -0.3 is 15.2 Å². The Balaban J connectivity index is 2.21. The number of fused-ring (bicyclic) bond motifs is 1. The van der Waals surface area contributed by atoms with Crippen LogP contribution in [0.1, 0.15) is 6.92 Å². The highest BCUT2D eigenvalue weighted by molar-refractivity contribution is 6.33. The van der Waals surface area contributed by atoms with E-state index in [2.05, 4.69) is 20.4 Å². The summed E-state index contributed by atoms with van der Waals surface area (Å²) in [7, 11) is 0. The molecule has 0 amide bonds. The van der Waals surface area contributed by atoms with E-state index in [0.29, 0.717) is 0 Å². The van der Waals surface area contributed by atoms with Crippen molar-refractivity contribution in [1.82, 2.24) is 19.6 Å². The molecule has 3 rings (SSSR count). The van der Waals surface area contributed by atoms with Crippen LogP contribution >= 0.6 is 11.6 Å². The van der Waals surface area contributed by atoms with Crippen molar-refractivity contribution in [2.75, 3.05) is 18.5 Å². The van der Waals surface area contributed by atoms with Crippen LogP contribution in [0, 0.1) is 11.6 Å². The molecule has 1 aromatic carbocycles. The van der Waals surface area contributed by atoms with Gasteiger partial charge in [0.2, 0.25) is 0 Å². The summed E-state index contributed by atoms with van der Waals surface area (Å²) in [5, 5.41) is 14.2. The number of ether oxygens (including phenoxy) is 1. The first-order chi connectivity index (χ1) is 13.6. The third-order valence-corrected chi connectivity index (χ3v) is 4.13. The SMILES string of the molecule is C[C@@H](Nc1c(-c2c(F)cc(OCCO)cc2F)c(Cl)nc2ncnn12)C(F)(F)F. The van der Waals surface area contributed by atoms with Crippen LogP contribution in [0.3, 0.4) is 0 Å². The summed E-state index contributed by atoms with van der Waals surface area (Å²) in [4.78, 5) is 7.57. The van der Waals surface area contributed by atoms with Crippen molar-refractivity contribution in [3.8, 4) is 16.9 Å². The van der Waals surface area contributed by atoms with E-state index in [1.807, 2.05) is 0 Å². The molecular weight excluding hydrogens is 425 g/mol. The Morgan fingerprint density at radius 3 is 2.48 bits per heavy atom. The van der Waals surface area contributed by atoms with Crippen LogP contribution in [0.4, 0.5) is 27.8 Å². The highest BCUT2D eigenvalue weighted by Gasteiger charge is 2.37. The monoisotopic (exact) mass is 437 g/mol. The van der Waals surface area contributed by atoms with Crippen molar-refractivity contribution < 1.29 is 31.8 Å². The minimum absolute atomic E-state index is 0.167. The molecule has 3 aromatic rings. The molecule has 0 radical (unpaired) electrons. The van der Waals surface area contributed by atoms with Gasteiger partial charge in [0.1, 0.15) is 47.3 Å². The van der Waals surface area contributed by atoms with Gasteiger partial charge in [0, 0.05) is 12.1 Å². The summed E-state index contributed by atoms with van der Waals surface area (Å²) >= 11 is 6.05. The Bertz CT molecular complexity index is 1020. The summed E-state index contributed by atoms with van der Waals surface area (Å²) < 4.78 is 74.5. The summed E-state index contributed by atoms with van der Waals surface area (Å²) in [6.07, 6.45) is -3.66. The van der Waals surface area contributed by atoms with Crippen LogP contribution in [0.5, 0.6) is 5.75 Å². The summed E-state index contributed by atoms with van der Waals surface area (Å²) in [6.45, 7) is 0.230. The maximum Gasteiger partial charge on any atom is 0.408 e. The molecule has 1 atom stereocenters. The zero-order valence-electron chi connectivity index (χ0n) is 14.6. The molecular formula is C16H13ClF5N5O2. The fraction of sp³-hybridized carbons (Fsp3) is 0.312. The van der Waals surface area contributed by atoms with Crippen molar-refractivity contribution >= 4 is 23.2 Å². The summed E-state index contributed by atoms with van der Waals surface area (Å²) in [5.41, 5.74) is -1.20. The number of anilines is 1. The van der Waals surface area contributed by atoms with E-state index >= 15 is 0 Å². The first-order valence-electron chi connectivity index (χ1n) is 8.09. The van der Waals surface area contributed by atoms with Crippen molar-refractivity contribution in [1.29, 1.82) is 0 Å². The Morgan fingerprint density at radius 1 is 1.24 bits per heavy atom. The highest BCUT2D eigenvalue weighted by atomic mass is 35.5. The zero-order valence-corrected chi connectivity index (χ0v) is 15.4. The molecule has 7 nitrogen and oxygen atoms in total. The molecule has 0 aliphatic carbocycles. The molecule has 0 saturated carbocycles. The largest absolute Gasteiger partial charge is 0.491 e. The number of halogens is 6. The molecule has 0 saturated heterocycles. The van der Waals surface area contributed by atoms with Gasteiger partial charge in [-0.25, -0.2) is 8.78 Å². The first kappa shape index (κ1) is 21.0. The molecule has 29 heavy (non-hydrogen) atoms. The lowest BCUT2D eigenvalue weighted by molar-refractivity contribution is -0.138. The maximum absolute atomic E-state index is 14.7. The van der Waals surface area contributed by atoms with Crippen LogP contribution in [0.2, 0.25) is 5.15 Å². The fourth-order valence-electron chi connectivity index (χ4n) is 2.49. The molecule has 0 aliphatic rings. The smallest absolute Gasteiger partial charge is 0.408 e. The number of hydrogen-bond acceptors (Lipinski definition) is 6. The number of hydrogen-bond donors (Lipinski definition) is 2. The molecule has 0 bridgehead atoms. The number of aromatic nitrogens is 4. The topological polar surface area (TPSA) is 84.6 Å². The third-order valence-electron chi connectivity index (χ3n) is 3.85. The van der Waals surface area contributed by atoms with Gasteiger partial charge in [-0.05, 0) is 6.92 Å². The van der Waals surface area contributed by atoms with Crippen LogP contribution in [-0.2, 0) is 0 Å². The van der Waals surface area contributed by atoms with E-state index in [1.165, 1.54) is 0 Å². The highest BCUT2D eigenvalue weighted by Crippen LogP contribution is 2.39. The fourth-order valence-corrected chi connectivity index (χ4v) is 2.75. The number of nitrogens with zero attached hydrogens (tertiary/aromatic N) is 4. The number of rotatable bonds is 6. The van der Waals surface area contributed by atoms with Crippen molar-refractivity contribution in [3.63, 3.8) is 0 Å². The summed E-state index contributed by atoms with van der Waals surface area (Å²) in [6, 6.07) is -0.481. The molecule has 0 aliphatic heterocycles. The second kappa shape index (κ2) is 7.95. The predicted octanol–water partition coefficient (Wildman–Crippen LogP) is 3.46. The van der Waals surface area contributed by atoms with E-state index < -0.39 is 46.0 Å². The average Bonchev–Trinajstić information content (AvgIpc) is 3.08. The van der Waals surface area contributed by atoms with Gasteiger partial charge in [-0.3, -0.25) is 0 Å². The molecule has 2 heterocycles. The van der Waals surface area contributed by atoms with Gasteiger partial charge in [0.25, 0.3) is 5.78 Å². The van der Waals surface area contributed by atoms with Gasteiger partial charge in [-0.15, -0.1) is 0 Å². The molecule has 0 fully saturated rings. The van der Waals surface area contributed by atoms with Crippen molar-refractivity contribution in [2.24, 2.45) is 0 Å². The van der Waals surface area contributed by atoms with E-state index in [4.69, 9.17) is 21.4 Å². The van der Waals surface area contributed by atoms with E-state index in [9.17, 15) is 22.0 Å². The Hall–Kier alpha value is -2.73. The first-order valence-corrected chi connectivity index (χ1v) is 8.46. The van der Waals surface area contributed by atoms with Crippen LogP contribution in [-0.4, -0.2) is 50.1 Å². The third kappa shape index (κ3) is 4.17. The second-order valence-corrected chi connectivity index (χ2v) is 6.20. The molecule has 2 aromatic heterocycles. The van der Waals surface area contributed by atoms with Crippen LogP contribution < -0.4 is 10.1 Å². The molecule has 0 spiro atoms. The zero-order chi connectivity index (χ0) is 21.3.